The van der Waals surface area contributed by atoms with E-state index < -0.39 is 22.4 Å². The smallest absolute Gasteiger partial charge is 0.339 e. The first-order valence-corrected chi connectivity index (χ1v) is 10.2. The fraction of sp³-hybridized carbons (Fsp3) is 0.300. The summed E-state index contributed by atoms with van der Waals surface area (Å²) in [6.07, 6.45) is 2.02. The summed E-state index contributed by atoms with van der Waals surface area (Å²) >= 11 is 0. The molecule has 0 N–H and O–H groups in total. The maximum Gasteiger partial charge on any atom is 0.339 e. The molecule has 2 aromatic carbocycles. The first-order valence-electron chi connectivity index (χ1n) is 8.33. The molecule has 6 heteroatoms. The Balaban J connectivity index is 2.07. The number of esters is 1. The normalized spacial score (nSPS) is 12.4. The molecule has 0 heterocycles. The average Bonchev–Trinajstić information content (AvgIpc) is 2.64. The quantitative estimate of drug-likeness (QED) is 0.546. The summed E-state index contributed by atoms with van der Waals surface area (Å²) in [5, 5.41) is 0. The van der Waals surface area contributed by atoms with Crippen molar-refractivity contribution in [2.24, 2.45) is 0 Å². The van der Waals surface area contributed by atoms with Gasteiger partial charge in [0.2, 0.25) is 0 Å². The average molecular weight is 374 g/mol. The van der Waals surface area contributed by atoms with Gasteiger partial charge in [-0.05, 0) is 30.0 Å². The Morgan fingerprint density at radius 1 is 1.04 bits per heavy atom. The standard InChI is InChI=1S/C20H22O5S/c1-4-14(2)15-9-11-16(12-10-15)18(21)13-25-20(22)17-7-5-6-8-19(17)26(3,23)24/h5-12,14H,4,13H2,1-3H3/t14-/m1/s1. The topological polar surface area (TPSA) is 77.5 Å². The van der Waals surface area contributed by atoms with Crippen LogP contribution in [0, 0.1) is 0 Å². The number of benzene rings is 2. The predicted molar refractivity (Wildman–Crippen MR) is 99.3 cm³/mol. The van der Waals surface area contributed by atoms with Gasteiger partial charge in [0.1, 0.15) is 0 Å². The maximum absolute atomic E-state index is 12.2. The Labute approximate surface area is 153 Å². The Morgan fingerprint density at radius 3 is 2.23 bits per heavy atom. The highest BCUT2D eigenvalue weighted by atomic mass is 32.2. The van der Waals surface area contributed by atoms with E-state index in [-0.39, 0.29) is 16.2 Å². The number of Topliss-reactive ketones (excluding diaryl/α,β-unsaturated/α-hetero) is 1. The zero-order chi connectivity index (χ0) is 19.3. The third-order valence-corrected chi connectivity index (χ3v) is 5.41. The number of ketones is 1. The van der Waals surface area contributed by atoms with E-state index in [0.29, 0.717) is 11.5 Å². The van der Waals surface area contributed by atoms with Gasteiger partial charge in [-0.15, -0.1) is 0 Å². The van der Waals surface area contributed by atoms with Crippen LogP contribution in [-0.2, 0) is 14.6 Å². The molecule has 0 aliphatic carbocycles. The predicted octanol–water partition coefficient (Wildman–Crippen LogP) is 3.64. The number of carbonyl (C=O) groups is 2. The van der Waals surface area contributed by atoms with E-state index in [2.05, 4.69) is 13.8 Å². The summed E-state index contributed by atoms with van der Waals surface area (Å²) in [4.78, 5) is 24.3. The molecule has 5 nitrogen and oxygen atoms in total. The van der Waals surface area contributed by atoms with Crippen molar-refractivity contribution in [1.29, 1.82) is 0 Å². The molecule has 0 spiro atoms. The summed E-state index contributed by atoms with van der Waals surface area (Å²) in [5.41, 5.74) is 1.51. The van der Waals surface area contributed by atoms with Crippen molar-refractivity contribution in [3.05, 3.63) is 65.2 Å². The van der Waals surface area contributed by atoms with Crippen molar-refractivity contribution in [3.8, 4) is 0 Å². The zero-order valence-electron chi connectivity index (χ0n) is 15.1. The molecule has 26 heavy (non-hydrogen) atoms. The van der Waals surface area contributed by atoms with Crippen LogP contribution in [0.3, 0.4) is 0 Å². The lowest BCUT2D eigenvalue weighted by molar-refractivity contribution is 0.0471. The van der Waals surface area contributed by atoms with Gasteiger partial charge < -0.3 is 4.74 Å². The Morgan fingerprint density at radius 2 is 1.65 bits per heavy atom. The van der Waals surface area contributed by atoms with Crippen molar-refractivity contribution in [3.63, 3.8) is 0 Å². The second kappa shape index (κ2) is 8.27. The number of hydrogen-bond donors (Lipinski definition) is 0. The first kappa shape index (κ1) is 19.8. The largest absolute Gasteiger partial charge is 0.454 e. The van der Waals surface area contributed by atoms with Gasteiger partial charge >= 0.3 is 5.97 Å². The number of ether oxygens (including phenoxy) is 1. The molecule has 2 aromatic rings. The van der Waals surface area contributed by atoms with E-state index in [4.69, 9.17) is 4.74 Å². The van der Waals surface area contributed by atoms with Crippen LogP contribution < -0.4 is 0 Å². The van der Waals surface area contributed by atoms with E-state index in [1.54, 1.807) is 18.2 Å². The number of sulfone groups is 1. The Bertz CT molecular complexity index is 898. The van der Waals surface area contributed by atoms with Crippen LogP contribution in [0.2, 0.25) is 0 Å². The Hall–Kier alpha value is -2.47. The Kier molecular flexibility index (Phi) is 6.32. The van der Waals surface area contributed by atoms with Gasteiger partial charge in [-0.25, -0.2) is 13.2 Å². The minimum Gasteiger partial charge on any atom is -0.454 e. The number of carbonyl (C=O) groups excluding carboxylic acids is 2. The molecule has 1 atom stereocenters. The van der Waals surface area contributed by atoms with Gasteiger partial charge in [0.05, 0.1) is 10.5 Å². The molecule has 0 saturated carbocycles. The van der Waals surface area contributed by atoms with Crippen LogP contribution >= 0.6 is 0 Å². The monoisotopic (exact) mass is 374 g/mol. The van der Waals surface area contributed by atoms with E-state index in [0.717, 1.165) is 18.2 Å². The van der Waals surface area contributed by atoms with Crippen molar-refractivity contribution in [2.75, 3.05) is 12.9 Å². The lowest BCUT2D eigenvalue weighted by atomic mass is 9.97. The molecule has 0 aromatic heterocycles. The minimum atomic E-state index is -3.57. The third kappa shape index (κ3) is 4.79. The van der Waals surface area contributed by atoms with Crippen molar-refractivity contribution < 1.29 is 22.7 Å². The zero-order valence-corrected chi connectivity index (χ0v) is 15.9. The van der Waals surface area contributed by atoms with Gasteiger partial charge in [-0.1, -0.05) is 50.2 Å². The van der Waals surface area contributed by atoms with E-state index in [9.17, 15) is 18.0 Å². The summed E-state index contributed by atoms with van der Waals surface area (Å²) in [6, 6.07) is 13.0. The molecule has 0 radical (unpaired) electrons. The third-order valence-electron chi connectivity index (χ3n) is 4.25. The second-order valence-corrected chi connectivity index (χ2v) is 8.18. The highest BCUT2D eigenvalue weighted by Gasteiger charge is 2.20. The fourth-order valence-electron chi connectivity index (χ4n) is 2.48. The molecular formula is C20H22O5S. The van der Waals surface area contributed by atoms with Gasteiger partial charge in [0.25, 0.3) is 0 Å². The van der Waals surface area contributed by atoms with E-state index in [1.165, 1.54) is 18.2 Å². The van der Waals surface area contributed by atoms with Crippen LogP contribution in [0.5, 0.6) is 0 Å². The summed E-state index contributed by atoms with van der Waals surface area (Å²) < 4.78 is 28.5. The fourth-order valence-corrected chi connectivity index (χ4v) is 3.36. The van der Waals surface area contributed by atoms with Crippen LogP contribution in [0.1, 0.15) is 52.5 Å². The molecule has 0 aliphatic heterocycles. The molecule has 0 bridgehead atoms. The maximum atomic E-state index is 12.2. The van der Waals surface area contributed by atoms with E-state index in [1.807, 2.05) is 12.1 Å². The highest BCUT2D eigenvalue weighted by molar-refractivity contribution is 7.90. The summed E-state index contributed by atoms with van der Waals surface area (Å²) in [6.45, 7) is 3.76. The molecule has 0 aliphatic rings. The summed E-state index contributed by atoms with van der Waals surface area (Å²) in [5.74, 6) is -0.772. The molecule has 138 valence electrons. The van der Waals surface area contributed by atoms with Crippen LogP contribution in [0.25, 0.3) is 0 Å². The molecule has 0 unspecified atom stereocenters. The lowest BCUT2D eigenvalue weighted by Crippen LogP contribution is -2.16. The van der Waals surface area contributed by atoms with Gasteiger partial charge in [-0.3, -0.25) is 4.79 Å². The number of hydrogen-bond acceptors (Lipinski definition) is 5. The first-order chi connectivity index (χ1) is 12.2. The van der Waals surface area contributed by atoms with Crippen LogP contribution in [-0.4, -0.2) is 33.0 Å². The molecule has 2 rings (SSSR count). The van der Waals surface area contributed by atoms with Crippen molar-refractivity contribution >= 4 is 21.6 Å². The van der Waals surface area contributed by atoms with Gasteiger partial charge in [0.15, 0.2) is 22.2 Å². The molecule has 0 fully saturated rings. The summed E-state index contributed by atoms with van der Waals surface area (Å²) in [7, 11) is -3.57. The second-order valence-electron chi connectivity index (χ2n) is 6.20. The highest BCUT2D eigenvalue weighted by Crippen LogP contribution is 2.19. The van der Waals surface area contributed by atoms with Gasteiger partial charge in [-0.2, -0.15) is 0 Å². The van der Waals surface area contributed by atoms with Gasteiger partial charge in [0, 0.05) is 11.8 Å². The lowest BCUT2D eigenvalue weighted by Gasteiger charge is -2.10. The number of rotatable bonds is 7. The van der Waals surface area contributed by atoms with Crippen molar-refractivity contribution in [2.45, 2.75) is 31.1 Å². The molecular weight excluding hydrogens is 352 g/mol. The van der Waals surface area contributed by atoms with Crippen molar-refractivity contribution in [1.82, 2.24) is 0 Å². The minimum absolute atomic E-state index is 0.0741. The van der Waals surface area contributed by atoms with Crippen LogP contribution in [0.4, 0.5) is 0 Å². The van der Waals surface area contributed by atoms with E-state index >= 15 is 0 Å². The molecule has 0 saturated heterocycles. The molecule has 0 amide bonds. The SMILES string of the molecule is CC[C@@H](C)c1ccc(C(=O)COC(=O)c2ccccc2S(C)(=O)=O)cc1. The van der Waals surface area contributed by atoms with Crippen LogP contribution in [0.15, 0.2) is 53.4 Å².